The molecule has 0 fully saturated rings. The number of hydrogen-bond acceptors (Lipinski definition) is 5. The van der Waals surface area contributed by atoms with Crippen molar-refractivity contribution in [2.24, 2.45) is 0 Å². The number of nitrogens with one attached hydrogen (secondary N) is 2. The summed E-state index contributed by atoms with van der Waals surface area (Å²) < 4.78 is 5.53. The predicted octanol–water partition coefficient (Wildman–Crippen LogP) is 2.31. The number of benzene rings is 1. The molecule has 19 heavy (non-hydrogen) atoms. The molecule has 6 nitrogen and oxygen atoms in total. The maximum absolute atomic E-state index is 5.99. The zero-order chi connectivity index (χ0) is 13.2. The van der Waals surface area contributed by atoms with Crippen LogP contribution in [0.25, 0.3) is 10.9 Å². The van der Waals surface area contributed by atoms with E-state index in [1.54, 1.807) is 12.4 Å². The number of aromatic nitrogens is 3. The molecule has 0 amide bonds. The molecule has 0 bridgehead atoms. The van der Waals surface area contributed by atoms with Gasteiger partial charge in [-0.2, -0.15) is 5.10 Å². The maximum atomic E-state index is 5.99. The van der Waals surface area contributed by atoms with Crippen molar-refractivity contribution in [1.29, 1.82) is 0 Å². The van der Waals surface area contributed by atoms with E-state index in [0.717, 1.165) is 28.8 Å². The van der Waals surface area contributed by atoms with Crippen LogP contribution < -0.4 is 11.1 Å². The molecular weight excluding hydrogens is 242 g/mol. The molecule has 98 valence electrons. The summed E-state index contributed by atoms with van der Waals surface area (Å²) in [5.41, 5.74) is 8.45. The summed E-state index contributed by atoms with van der Waals surface area (Å²) in [6.07, 6.45) is 4.34. The first-order chi connectivity index (χ1) is 9.26. The Bertz CT molecular complexity index is 700. The van der Waals surface area contributed by atoms with Gasteiger partial charge < -0.3 is 15.5 Å². The number of oxazole rings is 1. The van der Waals surface area contributed by atoms with E-state index in [0.29, 0.717) is 18.1 Å². The molecule has 6 heteroatoms. The SMILES string of the molecule is CCc1cnc(CNc2cc3[nH]ncc3cc2N)o1. The van der Waals surface area contributed by atoms with Crippen LogP contribution in [0.5, 0.6) is 0 Å². The molecule has 0 spiro atoms. The summed E-state index contributed by atoms with van der Waals surface area (Å²) in [4.78, 5) is 4.19. The normalized spacial score (nSPS) is 11.0. The quantitative estimate of drug-likeness (QED) is 0.624. The van der Waals surface area contributed by atoms with Crippen LogP contribution in [0.4, 0.5) is 11.4 Å². The van der Waals surface area contributed by atoms with Crippen molar-refractivity contribution in [2.75, 3.05) is 11.1 Å². The molecule has 0 saturated heterocycles. The molecule has 0 radical (unpaired) electrons. The van der Waals surface area contributed by atoms with Crippen molar-refractivity contribution in [2.45, 2.75) is 19.9 Å². The number of H-pyrrole nitrogens is 1. The second-order valence-electron chi connectivity index (χ2n) is 4.32. The van der Waals surface area contributed by atoms with E-state index in [-0.39, 0.29) is 0 Å². The fourth-order valence-electron chi connectivity index (χ4n) is 1.93. The Morgan fingerprint density at radius 3 is 3.05 bits per heavy atom. The van der Waals surface area contributed by atoms with Crippen LogP contribution >= 0.6 is 0 Å². The number of rotatable bonds is 4. The minimum absolute atomic E-state index is 0.504. The molecule has 1 aromatic carbocycles. The largest absolute Gasteiger partial charge is 0.444 e. The second-order valence-corrected chi connectivity index (χ2v) is 4.32. The van der Waals surface area contributed by atoms with Gasteiger partial charge in [0.15, 0.2) is 0 Å². The van der Waals surface area contributed by atoms with Gasteiger partial charge in [0.2, 0.25) is 5.89 Å². The minimum Gasteiger partial charge on any atom is -0.444 e. The number of nitrogens with zero attached hydrogens (tertiary/aromatic N) is 2. The van der Waals surface area contributed by atoms with Gasteiger partial charge in [0, 0.05) is 11.8 Å². The zero-order valence-electron chi connectivity index (χ0n) is 10.6. The standard InChI is InChI=1S/C13H15N5O/c1-2-9-6-16-13(19-9)7-15-12-4-11-8(3-10(12)14)5-17-18-11/h3-6,15H,2,7,14H2,1H3,(H,17,18). The van der Waals surface area contributed by atoms with Crippen LogP contribution in [0.1, 0.15) is 18.6 Å². The Morgan fingerprint density at radius 1 is 1.37 bits per heavy atom. The summed E-state index contributed by atoms with van der Waals surface area (Å²) >= 11 is 0. The molecule has 0 saturated carbocycles. The van der Waals surface area contributed by atoms with E-state index in [2.05, 4.69) is 20.5 Å². The highest BCUT2D eigenvalue weighted by Crippen LogP contribution is 2.25. The first-order valence-electron chi connectivity index (χ1n) is 6.16. The van der Waals surface area contributed by atoms with Crippen LogP contribution in [0.3, 0.4) is 0 Å². The summed E-state index contributed by atoms with van der Waals surface area (Å²) in [6, 6.07) is 3.82. The maximum Gasteiger partial charge on any atom is 0.213 e. The smallest absolute Gasteiger partial charge is 0.213 e. The van der Waals surface area contributed by atoms with E-state index >= 15 is 0 Å². The van der Waals surface area contributed by atoms with E-state index in [4.69, 9.17) is 10.2 Å². The molecule has 3 aromatic rings. The van der Waals surface area contributed by atoms with E-state index in [9.17, 15) is 0 Å². The van der Waals surface area contributed by atoms with Gasteiger partial charge in [-0.1, -0.05) is 6.92 Å². The minimum atomic E-state index is 0.504. The fraction of sp³-hybridized carbons (Fsp3) is 0.231. The molecule has 0 aliphatic heterocycles. The number of aryl methyl sites for hydroxylation is 1. The van der Waals surface area contributed by atoms with Gasteiger partial charge in [0.1, 0.15) is 5.76 Å². The molecule has 2 heterocycles. The molecule has 2 aromatic heterocycles. The Labute approximate surface area is 110 Å². The lowest BCUT2D eigenvalue weighted by Gasteiger charge is -2.07. The number of hydrogen-bond donors (Lipinski definition) is 3. The first kappa shape index (κ1) is 11.6. The van der Waals surface area contributed by atoms with E-state index < -0.39 is 0 Å². The second kappa shape index (κ2) is 4.64. The van der Waals surface area contributed by atoms with Crippen molar-refractivity contribution in [1.82, 2.24) is 15.2 Å². The molecule has 0 aliphatic carbocycles. The Balaban J connectivity index is 1.78. The number of nitrogen functional groups attached to an aromatic ring is 1. The molecule has 0 aliphatic rings. The lowest BCUT2D eigenvalue weighted by Crippen LogP contribution is -2.02. The molecule has 0 atom stereocenters. The molecule has 3 rings (SSSR count). The monoisotopic (exact) mass is 257 g/mol. The average Bonchev–Trinajstić information content (AvgIpc) is 3.03. The lowest BCUT2D eigenvalue weighted by atomic mass is 10.2. The van der Waals surface area contributed by atoms with Gasteiger partial charge in [0.05, 0.1) is 35.8 Å². The van der Waals surface area contributed by atoms with Gasteiger partial charge in [-0.15, -0.1) is 0 Å². The summed E-state index contributed by atoms with van der Waals surface area (Å²) in [6.45, 7) is 2.53. The van der Waals surface area contributed by atoms with Gasteiger partial charge in [-0.25, -0.2) is 4.98 Å². The molecular formula is C13H15N5O. The molecule has 4 N–H and O–H groups in total. The van der Waals surface area contributed by atoms with Crippen molar-refractivity contribution in [3.05, 3.63) is 36.2 Å². The van der Waals surface area contributed by atoms with Crippen molar-refractivity contribution < 1.29 is 4.42 Å². The third-order valence-electron chi connectivity index (χ3n) is 2.99. The van der Waals surface area contributed by atoms with Crippen LogP contribution in [-0.2, 0) is 13.0 Å². The van der Waals surface area contributed by atoms with Crippen molar-refractivity contribution >= 4 is 22.3 Å². The highest BCUT2D eigenvalue weighted by molar-refractivity contribution is 5.88. The third-order valence-corrected chi connectivity index (χ3v) is 2.99. The van der Waals surface area contributed by atoms with Crippen LogP contribution in [0.2, 0.25) is 0 Å². The predicted molar refractivity (Wildman–Crippen MR) is 73.7 cm³/mol. The number of anilines is 2. The Morgan fingerprint density at radius 2 is 2.26 bits per heavy atom. The zero-order valence-corrected chi connectivity index (χ0v) is 10.6. The highest BCUT2D eigenvalue weighted by atomic mass is 16.4. The average molecular weight is 257 g/mol. The van der Waals surface area contributed by atoms with Gasteiger partial charge in [0.25, 0.3) is 0 Å². The van der Waals surface area contributed by atoms with Gasteiger partial charge in [-0.3, -0.25) is 5.10 Å². The van der Waals surface area contributed by atoms with E-state index in [1.807, 2.05) is 19.1 Å². The van der Waals surface area contributed by atoms with Gasteiger partial charge in [-0.05, 0) is 12.1 Å². The van der Waals surface area contributed by atoms with Gasteiger partial charge >= 0.3 is 0 Å². The number of aromatic amines is 1. The highest BCUT2D eigenvalue weighted by Gasteiger charge is 2.06. The van der Waals surface area contributed by atoms with Crippen molar-refractivity contribution in [3.63, 3.8) is 0 Å². The fourth-order valence-corrected chi connectivity index (χ4v) is 1.93. The lowest BCUT2D eigenvalue weighted by molar-refractivity contribution is 0.466. The summed E-state index contributed by atoms with van der Waals surface area (Å²) in [7, 11) is 0. The number of fused-ring (bicyclic) bond motifs is 1. The third kappa shape index (κ3) is 2.24. The van der Waals surface area contributed by atoms with Crippen LogP contribution in [0.15, 0.2) is 28.9 Å². The van der Waals surface area contributed by atoms with Crippen LogP contribution in [-0.4, -0.2) is 15.2 Å². The Hall–Kier alpha value is -2.50. The number of nitrogens with two attached hydrogens (primary N) is 1. The summed E-state index contributed by atoms with van der Waals surface area (Å²) in [5, 5.41) is 11.1. The topological polar surface area (TPSA) is 92.8 Å². The van der Waals surface area contributed by atoms with Crippen LogP contribution in [0, 0.1) is 0 Å². The first-order valence-corrected chi connectivity index (χ1v) is 6.16. The van der Waals surface area contributed by atoms with Crippen molar-refractivity contribution in [3.8, 4) is 0 Å². The molecule has 0 unspecified atom stereocenters. The van der Waals surface area contributed by atoms with E-state index in [1.165, 1.54) is 0 Å². The Kier molecular flexibility index (Phi) is 2.83. The summed E-state index contributed by atoms with van der Waals surface area (Å²) in [5.74, 6) is 1.54.